The minimum absolute atomic E-state index is 0.00287. The highest BCUT2D eigenvalue weighted by molar-refractivity contribution is 6.00. The fourth-order valence-electron chi connectivity index (χ4n) is 3.95. The van der Waals surface area contributed by atoms with Gasteiger partial charge < -0.3 is 14.4 Å². The van der Waals surface area contributed by atoms with Crippen molar-refractivity contribution in [3.05, 3.63) is 53.8 Å². The second-order valence-electron chi connectivity index (χ2n) is 7.67. The first-order chi connectivity index (χ1) is 15.0. The number of carbonyl (C=O) groups is 2. The Labute approximate surface area is 180 Å². The highest BCUT2D eigenvalue weighted by atomic mass is 19.1. The molecular weight excluding hydrogens is 401 g/mol. The summed E-state index contributed by atoms with van der Waals surface area (Å²) < 4.78 is 24.5. The molecule has 2 aliphatic rings. The molecule has 2 aromatic rings. The summed E-state index contributed by atoms with van der Waals surface area (Å²) in [5, 5.41) is 0. The first-order valence-corrected chi connectivity index (χ1v) is 10.4. The molecule has 0 unspecified atom stereocenters. The zero-order valence-corrected chi connectivity index (χ0v) is 17.6. The maximum atomic E-state index is 13.9. The van der Waals surface area contributed by atoms with Gasteiger partial charge in [0.25, 0.3) is 0 Å². The van der Waals surface area contributed by atoms with Crippen molar-refractivity contribution in [3.63, 3.8) is 0 Å². The lowest BCUT2D eigenvalue weighted by Gasteiger charge is -2.35. The first-order valence-electron chi connectivity index (χ1n) is 10.4. The molecule has 0 aromatic heterocycles. The number of amides is 2. The molecule has 0 atom stereocenters. The maximum absolute atomic E-state index is 13.9. The Kier molecular flexibility index (Phi) is 6.36. The molecule has 164 valence electrons. The van der Waals surface area contributed by atoms with Crippen LogP contribution < -0.4 is 14.4 Å². The van der Waals surface area contributed by atoms with Crippen LogP contribution in [0.25, 0.3) is 0 Å². The Morgan fingerprint density at radius 3 is 2.65 bits per heavy atom. The molecule has 4 rings (SSSR count). The minimum Gasteiger partial charge on any atom is -0.494 e. The van der Waals surface area contributed by atoms with Gasteiger partial charge in [-0.1, -0.05) is 18.2 Å². The van der Waals surface area contributed by atoms with Crippen molar-refractivity contribution in [2.24, 2.45) is 0 Å². The van der Waals surface area contributed by atoms with Gasteiger partial charge in [0.15, 0.2) is 11.6 Å². The second kappa shape index (κ2) is 9.34. The van der Waals surface area contributed by atoms with Crippen LogP contribution in [-0.2, 0) is 16.1 Å². The van der Waals surface area contributed by atoms with E-state index in [-0.39, 0.29) is 36.3 Å². The molecule has 0 saturated carbocycles. The Hall–Kier alpha value is -3.13. The fourth-order valence-corrected chi connectivity index (χ4v) is 3.95. The number of carbonyl (C=O) groups excluding carboxylic acids is 2. The third-order valence-electron chi connectivity index (χ3n) is 5.67. The number of benzene rings is 2. The van der Waals surface area contributed by atoms with Crippen molar-refractivity contribution in [2.45, 2.75) is 13.0 Å². The molecule has 0 bridgehead atoms. The average molecular weight is 427 g/mol. The average Bonchev–Trinajstić information content (AvgIpc) is 2.93. The third kappa shape index (κ3) is 4.80. The fraction of sp³-hybridized carbons (Fsp3) is 0.391. The van der Waals surface area contributed by atoms with Gasteiger partial charge in [-0.2, -0.15) is 0 Å². The smallest absolute Gasteiger partial charge is 0.242 e. The number of methoxy groups -OCH3 is 1. The minimum atomic E-state index is -0.375. The normalized spacial score (nSPS) is 17.0. The molecule has 2 aromatic carbocycles. The number of hydrogen-bond donors (Lipinski definition) is 0. The molecule has 8 heteroatoms. The van der Waals surface area contributed by atoms with E-state index in [9.17, 15) is 14.0 Å². The van der Waals surface area contributed by atoms with Crippen LogP contribution in [0, 0.1) is 5.82 Å². The van der Waals surface area contributed by atoms with Gasteiger partial charge in [-0.25, -0.2) is 4.39 Å². The maximum Gasteiger partial charge on any atom is 0.242 e. The lowest BCUT2D eigenvalue weighted by Crippen LogP contribution is -2.51. The summed E-state index contributed by atoms with van der Waals surface area (Å²) >= 11 is 0. The standard InChI is InChI=1S/C23H26FN3O4/c1-30-20-7-6-17(14-18(20)24)15-25-9-11-26(12-10-25)23(29)16-27-19-4-2-3-5-21(19)31-13-8-22(27)28/h2-7,14H,8-13,15-16H2,1H3. The Bertz CT molecular complexity index is 960. The number of halogens is 1. The number of hydrogen-bond acceptors (Lipinski definition) is 5. The lowest BCUT2D eigenvalue weighted by atomic mass is 10.1. The summed E-state index contributed by atoms with van der Waals surface area (Å²) in [4.78, 5) is 31.0. The monoisotopic (exact) mass is 427 g/mol. The summed E-state index contributed by atoms with van der Waals surface area (Å²) in [6.45, 7) is 3.43. The number of fused-ring (bicyclic) bond motifs is 1. The van der Waals surface area contributed by atoms with E-state index in [1.807, 2.05) is 24.3 Å². The van der Waals surface area contributed by atoms with Crippen LogP contribution in [-0.4, -0.2) is 68.1 Å². The molecule has 0 spiro atoms. The summed E-state index contributed by atoms with van der Waals surface area (Å²) in [5.41, 5.74) is 1.50. The van der Waals surface area contributed by atoms with Gasteiger partial charge in [0.1, 0.15) is 12.3 Å². The van der Waals surface area contributed by atoms with Crippen LogP contribution in [0.5, 0.6) is 11.5 Å². The molecule has 0 N–H and O–H groups in total. The number of ether oxygens (including phenoxy) is 2. The van der Waals surface area contributed by atoms with Crippen LogP contribution >= 0.6 is 0 Å². The van der Waals surface area contributed by atoms with E-state index < -0.39 is 0 Å². The van der Waals surface area contributed by atoms with E-state index in [1.54, 1.807) is 17.0 Å². The molecule has 2 aliphatic heterocycles. The van der Waals surface area contributed by atoms with Crippen LogP contribution in [0.1, 0.15) is 12.0 Å². The van der Waals surface area contributed by atoms with Crippen molar-refractivity contribution in [3.8, 4) is 11.5 Å². The van der Waals surface area contributed by atoms with E-state index in [4.69, 9.17) is 9.47 Å². The van der Waals surface area contributed by atoms with Gasteiger partial charge in [0.05, 0.1) is 25.8 Å². The Morgan fingerprint density at radius 2 is 1.90 bits per heavy atom. The highest BCUT2D eigenvalue weighted by Gasteiger charge is 2.28. The van der Waals surface area contributed by atoms with Crippen molar-refractivity contribution >= 4 is 17.5 Å². The van der Waals surface area contributed by atoms with Crippen LogP contribution in [0.4, 0.5) is 10.1 Å². The highest BCUT2D eigenvalue weighted by Crippen LogP contribution is 2.31. The van der Waals surface area contributed by atoms with Gasteiger partial charge >= 0.3 is 0 Å². The second-order valence-corrected chi connectivity index (χ2v) is 7.67. The van der Waals surface area contributed by atoms with E-state index >= 15 is 0 Å². The molecule has 1 fully saturated rings. The number of rotatable bonds is 5. The van der Waals surface area contributed by atoms with E-state index in [2.05, 4.69) is 4.90 Å². The molecule has 1 saturated heterocycles. The summed E-state index contributed by atoms with van der Waals surface area (Å²) in [6.07, 6.45) is 0.244. The zero-order valence-electron chi connectivity index (χ0n) is 17.6. The third-order valence-corrected chi connectivity index (χ3v) is 5.67. The van der Waals surface area contributed by atoms with Gasteiger partial charge in [-0.05, 0) is 29.8 Å². The van der Waals surface area contributed by atoms with E-state index in [1.165, 1.54) is 18.1 Å². The molecule has 0 radical (unpaired) electrons. The van der Waals surface area contributed by atoms with Crippen LogP contribution in [0.3, 0.4) is 0 Å². The quantitative estimate of drug-likeness (QED) is 0.733. The lowest BCUT2D eigenvalue weighted by molar-refractivity contribution is -0.133. The SMILES string of the molecule is COc1ccc(CN2CCN(C(=O)CN3C(=O)CCOc4ccccc43)CC2)cc1F. The summed E-state index contributed by atoms with van der Waals surface area (Å²) in [6, 6.07) is 12.3. The zero-order chi connectivity index (χ0) is 21.8. The predicted octanol–water partition coefficient (Wildman–Crippen LogP) is 2.29. The number of nitrogens with zero attached hydrogens (tertiary/aromatic N) is 3. The Balaban J connectivity index is 1.34. The van der Waals surface area contributed by atoms with Crippen LogP contribution in [0.2, 0.25) is 0 Å². The Morgan fingerprint density at radius 1 is 1.13 bits per heavy atom. The van der Waals surface area contributed by atoms with Crippen molar-refractivity contribution in [1.29, 1.82) is 0 Å². The topological polar surface area (TPSA) is 62.3 Å². The summed E-state index contributed by atoms with van der Waals surface area (Å²) in [7, 11) is 1.44. The van der Waals surface area contributed by atoms with Gasteiger partial charge in [0.2, 0.25) is 11.8 Å². The predicted molar refractivity (Wildman–Crippen MR) is 114 cm³/mol. The van der Waals surface area contributed by atoms with Gasteiger partial charge in [0, 0.05) is 32.7 Å². The number of anilines is 1. The molecule has 31 heavy (non-hydrogen) atoms. The molecule has 2 heterocycles. The van der Waals surface area contributed by atoms with E-state index in [0.29, 0.717) is 50.8 Å². The number of piperazine rings is 1. The largest absolute Gasteiger partial charge is 0.494 e. The molecule has 7 nitrogen and oxygen atoms in total. The van der Waals surface area contributed by atoms with Crippen molar-refractivity contribution < 1.29 is 23.5 Å². The van der Waals surface area contributed by atoms with E-state index in [0.717, 1.165) is 5.56 Å². The summed E-state index contributed by atoms with van der Waals surface area (Å²) in [5.74, 6) is 0.283. The number of para-hydroxylation sites is 2. The molecular formula is C23H26FN3O4. The molecule has 2 amide bonds. The van der Waals surface area contributed by atoms with Crippen molar-refractivity contribution in [1.82, 2.24) is 9.80 Å². The van der Waals surface area contributed by atoms with Crippen molar-refractivity contribution in [2.75, 3.05) is 51.3 Å². The van der Waals surface area contributed by atoms with Crippen LogP contribution in [0.15, 0.2) is 42.5 Å². The van der Waals surface area contributed by atoms with Gasteiger partial charge in [-0.15, -0.1) is 0 Å². The molecule has 0 aliphatic carbocycles. The first kappa shape index (κ1) is 21.1. The van der Waals surface area contributed by atoms with Gasteiger partial charge in [-0.3, -0.25) is 19.4 Å².